The van der Waals surface area contributed by atoms with Crippen LogP contribution in [0.25, 0.3) is 0 Å². The van der Waals surface area contributed by atoms with Crippen LogP contribution < -0.4 is 21.3 Å². The van der Waals surface area contributed by atoms with Crippen LogP contribution in [0.4, 0.5) is 16.2 Å². The van der Waals surface area contributed by atoms with Crippen molar-refractivity contribution in [2.45, 2.75) is 46.6 Å². The van der Waals surface area contributed by atoms with Gasteiger partial charge in [0.15, 0.2) is 0 Å². The summed E-state index contributed by atoms with van der Waals surface area (Å²) in [7, 11) is 0. The van der Waals surface area contributed by atoms with Crippen LogP contribution in [0.1, 0.15) is 39.2 Å². The van der Waals surface area contributed by atoms with Crippen LogP contribution in [-0.2, 0) is 9.59 Å². The zero-order chi connectivity index (χ0) is 18.1. The van der Waals surface area contributed by atoms with E-state index in [0.29, 0.717) is 18.7 Å². The minimum Gasteiger partial charge on any atom is -0.374 e. The van der Waals surface area contributed by atoms with Crippen LogP contribution in [0.15, 0.2) is 18.2 Å². The molecule has 1 rings (SSSR count). The molecule has 4 amide bonds. The average molecular weight is 334 g/mol. The third kappa shape index (κ3) is 5.91. The number of rotatable bonds is 7. The van der Waals surface area contributed by atoms with Crippen molar-refractivity contribution < 1.29 is 14.4 Å². The number of carbonyl (C=O) groups is 3. The van der Waals surface area contributed by atoms with E-state index in [9.17, 15) is 14.4 Å². The van der Waals surface area contributed by atoms with Gasteiger partial charge in [-0.15, -0.1) is 0 Å². The van der Waals surface area contributed by atoms with Crippen LogP contribution in [0, 0.1) is 6.92 Å². The van der Waals surface area contributed by atoms with Crippen molar-refractivity contribution in [3.05, 3.63) is 23.8 Å². The second kappa shape index (κ2) is 9.54. The standard InChI is InChI=1S/C17H26N4O3/c1-5-8-15(22)20-14-10-7-9-13(11(14)3)19-12(4)16(23)21-17(24)18-6-2/h7,9-10,12,19H,5-6,8H2,1-4H3,(H,20,22)(H2,18,21,23,24)/t12-/m0/s1. The van der Waals surface area contributed by atoms with E-state index < -0.39 is 18.0 Å². The number of imide groups is 1. The number of benzene rings is 1. The third-order valence-electron chi connectivity index (χ3n) is 3.42. The summed E-state index contributed by atoms with van der Waals surface area (Å²) in [5.41, 5.74) is 2.26. The molecule has 7 nitrogen and oxygen atoms in total. The minimum atomic E-state index is -0.604. The summed E-state index contributed by atoms with van der Waals surface area (Å²) in [6, 6.07) is 4.31. The van der Waals surface area contributed by atoms with Gasteiger partial charge in [-0.1, -0.05) is 13.0 Å². The fourth-order valence-electron chi connectivity index (χ4n) is 2.09. The van der Waals surface area contributed by atoms with Crippen molar-refractivity contribution in [2.75, 3.05) is 17.2 Å². The molecule has 0 fully saturated rings. The number of nitrogens with one attached hydrogen (secondary N) is 4. The monoisotopic (exact) mass is 334 g/mol. The van der Waals surface area contributed by atoms with Gasteiger partial charge in [0.2, 0.25) is 11.8 Å². The van der Waals surface area contributed by atoms with Crippen molar-refractivity contribution in [3.63, 3.8) is 0 Å². The summed E-state index contributed by atoms with van der Waals surface area (Å²) in [5, 5.41) is 10.7. The van der Waals surface area contributed by atoms with Crippen LogP contribution in [0.2, 0.25) is 0 Å². The third-order valence-corrected chi connectivity index (χ3v) is 3.42. The first-order valence-corrected chi connectivity index (χ1v) is 8.13. The zero-order valence-corrected chi connectivity index (χ0v) is 14.7. The molecule has 0 saturated heterocycles. The highest BCUT2D eigenvalue weighted by atomic mass is 16.2. The molecule has 1 aromatic rings. The largest absolute Gasteiger partial charge is 0.374 e. The Morgan fingerprint density at radius 2 is 1.79 bits per heavy atom. The van der Waals surface area contributed by atoms with Gasteiger partial charge in [0.25, 0.3) is 0 Å². The van der Waals surface area contributed by atoms with Crippen molar-refractivity contribution in [1.29, 1.82) is 0 Å². The molecule has 4 N–H and O–H groups in total. The van der Waals surface area contributed by atoms with Crippen LogP contribution >= 0.6 is 0 Å². The maximum absolute atomic E-state index is 12.0. The smallest absolute Gasteiger partial charge is 0.321 e. The van der Waals surface area contributed by atoms with E-state index in [2.05, 4.69) is 21.3 Å². The van der Waals surface area contributed by atoms with E-state index in [-0.39, 0.29) is 5.91 Å². The van der Waals surface area contributed by atoms with Crippen LogP contribution in [0.3, 0.4) is 0 Å². The van der Waals surface area contributed by atoms with Crippen molar-refractivity contribution in [2.24, 2.45) is 0 Å². The summed E-state index contributed by atoms with van der Waals surface area (Å²) in [4.78, 5) is 35.1. The first-order chi connectivity index (χ1) is 11.4. The molecular formula is C17H26N4O3. The Hall–Kier alpha value is -2.57. The van der Waals surface area contributed by atoms with Gasteiger partial charge in [-0.3, -0.25) is 14.9 Å². The van der Waals surface area contributed by atoms with Gasteiger partial charge in [-0.05, 0) is 44.9 Å². The molecule has 0 heterocycles. The SMILES string of the molecule is CCCC(=O)Nc1cccc(N[C@@H](C)C(=O)NC(=O)NCC)c1C. The molecule has 0 bridgehead atoms. The summed E-state index contributed by atoms with van der Waals surface area (Å²) in [5.74, 6) is -0.472. The summed E-state index contributed by atoms with van der Waals surface area (Å²) >= 11 is 0. The Morgan fingerprint density at radius 1 is 1.12 bits per heavy atom. The summed E-state index contributed by atoms with van der Waals surface area (Å²) in [6.07, 6.45) is 1.24. The fourth-order valence-corrected chi connectivity index (χ4v) is 2.09. The lowest BCUT2D eigenvalue weighted by molar-refractivity contribution is -0.120. The second-order valence-electron chi connectivity index (χ2n) is 5.49. The van der Waals surface area contributed by atoms with Gasteiger partial charge in [0.05, 0.1) is 0 Å². The van der Waals surface area contributed by atoms with Crippen molar-refractivity contribution in [3.8, 4) is 0 Å². The van der Waals surface area contributed by atoms with E-state index in [1.54, 1.807) is 19.9 Å². The quantitative estimate of drug-likeness (QED) is 0.615. The van der Waals surface area contributed by atoms with Crippen LogP contribution in [0.5, 0.6) is 0 Å². The average Bonchev–Trinajstić information content (AvgIpc) is 2.51. The number of anilines is 2. The fraction of sp³-hybridized carbons (Fsp3) is 0.471. The van der Waals surface area contributed by atoms with E-state index in [1.807, 2.05) is 26.0 Å². The lowest BCUT2D eigenvalue weighted by atomic mass is 10.1. The molecule has 0 spiro atoms. The molecule has 0 unspecified atom stereocenters. The van der Waals surface area contributed by atoms with E-state index >= 15 is 0 Å². The molecule has 0 aromatic heterocycles. The maximum atomic E-state index is 12.0. The number of hydrogen-bond acceptors (Lipinski definition) is 4. The molecule has 0 aliphatic heterocycles. The Bertz CT molecular complexity index is 601. The minimum absolute atomic E-state index is 0.0419. The van der Waals surface area contributed by atoms with Crippen molar-refractivity contribution in [1.82, 2.24) is 10.6 Å². The first kappa shape index (κ1) is 19.5. The molecule has 7 heteroatoms. The van der Waals surface area contributed by atoms with Gasteiger partial charge in [-0.2, -0.15) is 0 Å². The molecular weight excluding hydrogens is 308 g/mol. The topological polar surface area (TPSA) is 99.3 Å². The molecule has 24 heavy (non-hydrogen) atoms. The molecule has 0 aliphatic rings. The summed E-state index contributed by atoms with van der Waals surface area (Å²) in [6.45, 7) is 7.68. The number of amides is 4. The zero-order valence-electron chi connectivity index (χ0n) is 14.7. The number of carbonyl (C=O) groups excluding carboxylic acids is 3. The predicted molar refractivity (Wildman–Crippen MR) is 95.0 cm³/mol. The molecule has 0 aliphatic carbocycles. The lowest BCUT2D eigenvalue weighted by Crippen LogP contribution is -2.45. The van der Waals surface area contributed by atoms with Gasteiger partial charge in [0, 0.05) is 24.3 Å². The molecule has 0 radical (unpaired) electrons. The summed E-state index contributed by atoms with van der Waals surface area (Å²) < 4.78 is 0. The first-order valence-electron chi connectivity index (χ1n) is 8.13. The Morgan fingerprint density at radius 3 is 2.42 bits per heavy atom. The highest BCUT2D eigenvalue weighted by Crippen LogP contribution is 2.24. The van der Waals surface area contributed by atoms with E-state index in [0.717, 1.165) is 17.7 Å². The van der Waals surface area contributed by atoms with E-state index in [4.69, 9.17) is 0 Å². The maximum Gasteiger partial charge on any atom is 0.321 e. The van der Waals surface area contributed by atoms with Gasteiger partial charge in [-0.25, -0.2) is 4.79 Å². The van der Waals surface area contributed by atoms with E-state index in [1.165, 1.54) is 0 Å². The lowest BCUT2D eigenvalue weighted by Gasteiger charge is -2.18. The number of urea groups is 1. The van der Waals surface area contributed by atoms with Crippen LogP contribution in [-0.4, -0.2) is 30.4 Å². The Balaban J connectivity index is 2.75. The number of hydrogen-bond donors (Lipinski definition) is 4. The normalized spacial score (nSPS) is 11.3. The highest BCUT2D eigenvalue weighted by molar-refractivity contribution is 5.98. The van der Waals surface area contributed by atoms with Gasteiger partial charge in [0.1, 0.15) is 6.04 Å². The Kier molecular flexibility index (Phi) is 7.74. The molecule has 1 aromatic carbocycles. The molecule has 0 saturated carbocycles. The highest BCUT2D eigenvalue weighted by Gasteiger charge is 2.16. The second-order valence-corrected chi connectivity index (χ2v) is 5.49. The molecule has 1 atom stereocenters. The molecule has 132 valence electrons. The van der Waals surface area contributed by atoms with Crippen molar-refractivity contribution >= 4 is 29.2 Å². The van der Waals surface area contributed by atoms with Gasteiger partial charge < -0.3 is 16.0 Å². The Labute approximate surface area is 142 Å². The van der Waals surface area contributed by atoms with Gasteiger partial charge >= 0.3 is 6.03 Å². The predicted octanol–water partition coefficient (Wildman–Crippen LogP) is 2.38.